The van der Waals surface area contributed by atoms with Crippen molar-refractivity contribution in [1.82, 2.24) is 5.32 Å². The van der Waals surface area contributed by atoms with Crippen LogP contribution >= 0.6 is 0 Å². The van der Waals surface area contributed by atoms with Crippen LogP contribution in [0.25, 0.3) is 0 Å². The van der Waals surface area contributed by atoms with Crippen molar-refractivity contribution in [2.24, 2.45) is 0 Å². The SMILES string of the molecule is C#CC(=O)NCC1(O)CCC1. The van der Waals surface area contributed by atoms with Crippen LogP contribution in [0.1, 0.15) is 19.3 Å². The summed E-state index contributed by atoms with van der Waals surface area (Å²) in [6.45, 7) is 0.288. The second-order valence-corrected chi connectivity index (χ2v) is 2.90. The van der Waals surface area contributed by atoms with Crippen molar-refractivity contribution in [2.45, 2.75) is 24.9 Å². The molecule has 1 aliphatic carbocycles. The number of hydrogen-bond donors (Lipinski definition) is 2. The van der Waals surface area contributed by atoms with Gasteiger partial charge in [0.15, 0.2) is 0 Å². The van der Waals surface area contributed by atoms with Gasteiger partial charge in [-0.3, -0.25) is 4.79 Å². The lowest BCUT2D eigenvalue weighted by Gasteiger charge is -2.36. The summed E-state index contributed by atoms with van der Waals surface area (Å²) in [7, 11) is 0. The third-order valence-corrected chi connectivity index (χ3v) is 1.99. The largest absolute Gasteiger partial charge is 0.388 e. The molecule has 11 heavy (non-hydrogen) atoms. The van der Waals surface area contributed by atoms with Crippen LogP contribution in [-0.2, 0) is 4.79 Å². The molecule has 0 aromatic carbocycles. The standard InChI is InChI=1S/C8H11NO2/c1-2-7(10)9-6-8(11)4-3-5-8/h1,11H,3-6H2,(H,9,10). The van der Waals surface area contributed by atoms with Crippen molar-refractivity contribution in [3.05, 3.63) is 0 Å². The molecule has 3 heteroatoms. The maximum atomic E-state index is 10.5. The molecule has 0 spiro atoms. The normalized spacial score (nSPS) is 19.6. The molecule has 1 rings (SSSR count). The molecule has 0 aliphatic heterocycles. The Labute approximate surface area is 65.8 Å². The lowest BCUT2D eigenvalue weighted by atomic mass is 9.80. The lowest BCUT2D eigenvalue weighted by Crippen LogP contribution is -2.47. The predicted octanol–water partition coefficient (Wildman–Crippen LogP) is -0.349. The predicted molar refractivity (Wildman–Crippen MR) is 40.6 cm³/mol. The monoisotopic (exact) mass is 153 g/mol. The molecule has 1 saturated carbocycles. The van der Waals surface area contributed by atoms with Crippen LogP contribution in [0.15, 0.2) is 0 Å². The Kier molecular flexibility index (Phi) is 2.16. The number of nitrogens with one attached hydrogen (secondary N) is 1. The summed E-state index contributed by atoms with van der Waals surface area (Å²) < 4.78 is 0. The second-order valence-electron chi connectivity index (χ2n) is 2.90. The minimum atomic E-state index is -0.674. The quantitative estimate of drug-likeness (QED) is 0.533. The summed E-state index contributed by atoms with van der Waals surface area (Å²) in [6, 6.07) is 0. The van der Waals surface area contributed by atoms with Gasteiger partial charge in [-0.15, -0.1) is 6.42 Å². The summed E-state index contributed by atoms with van der Waals surface area (Å²) in [5.41, 5.74) is -0.674. The molecule has 1 fully saturated rings. The molecule has 0 aromatic rings. The summed E-state index contributed by atoms with van der Waals surface area (Å²) >= 11 is 0. The smallest absolute Gasteiger partial charge is 0.295 e. The number of carbonyl (C=O) groups excluding carboxylic acids is 1. The Morgan fingerprint density at radius 2 is 2.36 bits per heavy atom. The molecule has 0 unspecified atom stereocenters. The average Bonchev–Trinajstić information content (AvgIpc) is 1.96. The van der Waals surface area contributed by atoms with Gasteiger partial charge in [0, 0.05) is 6.54 Å². The van der Waals surface area contributed by atoms with Gasteiger partial charge in [-0.25, -0.2) is 0 Å². The first-order chi connectivity index (χ1) is 5.16. The van der Waals surface area contributed by atoms with Crippen LogP contribution in [0, 0.1) is 12.3 Å². The topological polar surface area (TPSA) is 49.3 Å². The Hall–Kier alpha value is -1.01. The molecule has 0 aromatic heterocycles. The van der Waals surface area contributed by atoms with Crippen molar-refractivity contribution in [3.63, 3.8) is 0 Å². The number of carbonyl (C=O) groups is 1. The number of rotatable bonds is 2. The van der Waals surface area contributed by atoms with Crippen LogP contribution in [-0.4, -0.2) is 23.2 Å². The van der Waals surface area contributed by atoms with Gasteiger partial charge in [0.05, 0.1) is 5.60 Å². The fourth-order valence-corrected chi connectivity index (χ4v) is 1.06. The van der Waals surface area contributed by atoms with Crippen LogP contribution in [0.3, 0.4) is 0 Å². The van der Waals surface area contributed by atoms with E-state index in [9.17, 15) is 9.90 Å². The van der Waals surface area contributed by atoms with Gasteiger partial charge in [-0.05, 0) is 25.2 Å². The van der Waals surface area contributed by atoms with E-state index in [0.29, 0.717) is 0 Å². The fourth-order valence-electron chi connectivity index (χ4n) is 1.06. The third-order valence-electron chi connectivity index (χ3n) is 1.99. The summed E-state index contributed by atoms with van der Waals surface area (Å²) in [5, 5.41) is 11.9. The van der Waals surface area contributed by atoms with Crippen molar-refractivity contribution in [1.29, 1.82) is 0 Å². The van der Waals surface area contributed by atoms with Crippen molar-refractivity contribution < 1.29 is 9.90 Å². The van der Waals surface area contributed by atoms with Crippen LogP contribution in [0.4, 0.5) is 0 Å². The van der Waals surface area contributed by atoms with E-state index in [-0.39, 0.29) is 6.54 Å². The first-order valence-electron chi connectivity index (χ1n) is 3.63. The van der Waals surface area contributed by atoms with E-state index >= 15 is 0 Å². The van der Waals surface area contributed by atoms with Crippen LogP contribution < -0.4 is 5.32 Å². The summed E-state index contributed by atoms with van der Waals surface area (Å²) in [5.74, 6) is 1.47. The Morgan fingerprint density at radius 1 is 1.73 bits per heavy atom. The Balaban J connectivity index is 2.22. The molecule has 60 valence electrons. The highest BCUT2D eigenvalue weighted by atomic mass is 16.3. The maximum absolute atomic E-state index is 10.5. The van der Waals surface area contributed by atoms with E-state index in [1.54, 1.807) is 0 Å². The zero-order valence-corrected chi connectivity index (χ0v) is 6.26. The van der Waals surface area contributed by atoms with Gasteiger partial charge in [-0.1, -0.05) is 0 Å². The highest BCUT2D eigenvalue weighted by molar-refractivity contribution is 5.92. The highest BCUT2D eigenvalue weighted by Gasteiger charge is 2.34. The highest BCUT2D eigenvalue weighted by Crippen LogP contribution is 2.30. The Morgan fingerprint density at radius 3 is 2.73 bits per heavy atom. The molecule has 3 nitrogen and oxygen atoms in total. The van der Waals surface area contributed by atoms with Gasteiger partial charge in [0.1, 0.15) is 0 Å². The third kappa shape index (κ3) is 1.95. The van der Waals surface area contributed by atoms with Gasteiger partial charge in [0.2, 0.25) is 0 Å². The van der Waals surface area contributed by atoms with E-state index in [1.165, 1.54) is 0 Å². The maximum Gasteiger partial charge on any atom is 0.295 e. The van der Waals surface area contributed by atoms with Crippen molar-refractivity contribution in [2.75, 3.05) is 6.54 Å². The molecule has 1 aliphatic rings. The average molecular weight is 153 g/mol. The molecule has 0 saturated heterocycles. The lowest BCUT2D eigenvalue weighted by molar-refractivity contribution is -0.118. The molecular formula is C8H11NO2. The number of amides is 1. The van der Waals surface area contributed by atoms with E-state index in [0.717, 1.165) is 19.3 Å². The first-order valence-corrected chi connectivity index (χ1v) is 3.63. The van der Waals surface area contributed by atoms with Gasteiger partial charge < -0.3 is 10.4 Å². The van der Waals surface area contributed by atoms with E-state index < -0.39 is 11.5 Å². The second kappa shape index (κ2) is 2.93. The first kappa shape index (κ1) is 8.09. The minimum absolute atomic E-state index is 0.288. The molecular weight excluding hydrogens is 142 g/mol. The van der Waals surface area contributed by atoms with E-state index in [2.05, 4.69) is 5.32 Å². The molecule has 0 atom stereocenters. The van der Waals surface area contributed by atoms with Crippen LogP contribution in [0.5, 0.6) is 0 Å². The number of hydrogen-bond acceptors (Lipinski definition) is 2. The fraction of sp³-hybridized carbons (Fsp3) is 0.625. The molecule has 1 amide bonds. The zero-order valence-electron chi connectivity index (χ0n) is 6.26. The molecule has 0 bridgehead atoms. The van der Waals surface area contributed by atoms with Crippen LogP contribution in [0.2, 0.25) is 0 Å². The summed E-state index contributed by atoms with van der Waals surface area (Å²) in [4.78, 5) is 10.5. The molecule has 0 heterocycles. The van der Waals surface area contributed by atoms with Gasteiger partial charge in [0.25, 0.3) is 5.91 Å². The minimum Gasteiger partial charge on any atom is -0.388 e. The van der Waals surface area contributed by atoms with E-state index in [4.69, 9.17) is 6.42 Å². The van der Waals surface area contributed by atoms with Gasteiger partial charge >= 0.3 is 0 Å². The number of aliphatic hydroxyl groups is 1. The molecule has 2 N–H and O–H groups in total. The Bertz CT molecular complexity index is 201. The van der Waals surface area contributed by atoms with E-state index in [1.807, 2.05) is 5.92 Å². The van der Waals surface area contributed by atoms with Gasteiger partial charge in [-0.2, -0.15) is 0 Å². The number of terminal acetylenes is 1. The van der Waals surface area contributed by atoms with Crippen molar-refractivity contribution in [3.8, 4) is 12.3 Å². The summed E-state index contributed by atoms with van der Waals surface area (Å²) in [6.07, 6.45) is 7.37. The zero-order chi connectivity index (χ0) is 8.32. The van der Waals surface area contributed by atoms with Crippen molar-refractivity contribution >= 4 is 5.91 Å². The molecule has 0 radical (unpaired) electrons.